The van der Waals surface area contributed by atoms with Gasteiger partial charge in [0.2, 0.25) is 0 Å². The first kappa shape index (κ1) is 16.1. The van der Waals surface area contributed by atoms with E-state index >= 15 is 0 Å². The molecule has 2 aromatic rings. The van der Waals surface area contributed by atoms with Crippen molar-refractivity contribution in [2.45, 2.75) is 19.4 Å². The third-order valence-corrected chi connectivity index (χ3v) is 6.07. The van der Waals surface area contributed by atoms with E-state index in [0.29, 0.717) is 11.1 Å². The van der Waals surface area contributed by atoms with Crippen molar-refractivity contribution < 1.29 is 4.79 Å². The van der Waals surface area contributed by atoms with Gasteiger partial charge in [-0.25, -0.2) is 4.98 Å². The van der Waals surface area contributed by atoms with Crippen LogP contribution in [-0.4, -0.2) is 46.9 Å². The first-order chi connectivity index (χ1) is 11.6. The number of thiazole rings is 1. The maximum absolute atomic E-state index is 12.3. The fourth-order valence-electron chi connectivity index (χ4n) is 3.74. The molecule has 1 aromatic carbocycles. The maximum atomic E-state index is 12.3. The number of aromatic nitrogens is 1. The largest absolute Gasteiger partial charge is 0.336 e. The van der Waals surface area contributed by atoms with Gasteiger partial charge in [0.1, 0.15) is 5.69 Å². The Morgan fingerprint density at radius 3 is 2.54 bits per heavy atom. The lowest BCUT2D eigenvalue weighted by atomic mass is 9.72. The smallest absolute Gasteiger partial charge is 0.273 e. The second-order valence-corrected chi connectivity index (χ2v) is 8.09. The Morgan fingerprint density at radius 2 is 1.92 bits per heavy atom. The monoisotopic (exact) mass is 361 g/mol. The average molecular weight is 362 g/mol. The number of amides is 1. The van der Waals surface area contributed by atoms with Gasteiger partial charge in [-0.05, 0) is 43.6 Å². The number of likely N-dealkylation sites (tertiary alicyclic amines) is 2. The van der Waals surface area contributed by atoms with Crippen molar-refractivity contribution in [3.05, 3.63) is 51.4 Å². The lowest BCUT2D eigenvalue weighted by Gasteiger charge is -2.53. The molecule has 2 aliphatic rings. The molecule has 2 fully saturated rings. The summed E-state index contributed by atoms with van der Waals surface area (Å²) in [5.74, 6) is 0.0884. The minimum Gasteiger partial charge on any atom is -0.336 e. The van der Waals surface area contributed by atoms with E-state index in [1.54, 1.807) is 5.51 Å². The summed E-state index contributed by atoms with van der Waals surface area (Å²) in [4.78, 5) is 20.9. The number of piperidine rings is 1. The minimum absolute atomic E-state index is 0.0884. The molecule has 6 heteroatoms. The van der Waals surface area contributed by atoms with Crippen LogP contribution in [0.3, 0.4) is 0 Å². The molecular formula is C18H20ClN3OS. The molecule has 126 valence electrons. The van der Waals surface area contributed by atoms with Gasteiger partial charge in [-0.15, -0.1) is 11.3 Å². The Kier molecular flexibility index (Phi) is 4.33. The Labute approximate surface area is 151 Å². The highest BCUT2D eigenvalue weighted by molar-refractivity contribution is 7.07. The fraction of sp³-hybridized carbons (Fsp3) is 0.444. The molecule has 0 atom stereocenters. The SMILES string of the molecule is O=C(c1cscn1)N1CC2(CCN(Cc3ccc(Cl)cc3)CC2)C1. The van der Waals surface area contributed by atoms with Crippen LogP contribution in [0.15, 0.2) is 35.2 Å². The summed E-state index contributed by atoms with van der Waals surface area (Å²) >= 11 is 7.42. The third kappa shape index (κ3) is 3.21. The molecule has 4 nitrogen and oxygen atoms in total. The summed E-state index contributed by atoms with van der Waals surface area (Å²) in [6.07, 6.45) is 2.34. The van der Waals surface area contributed by atoms with E-state index in [1.807, 2.05) is 22.4 Å². The van der Waals surface area contributed by atoms with Gasteiger partial charge in [0.05, 0.1) is 5.51 Å². The van der Waals surface area contributed by atoms with Crippen molar-refractivity contribution in [2.75, 3.05) is 26.2 Å². The number of benzene rings is 1. The summed E-state index contributed by atoms with van der Waals surface area (Å²) in [6, 6.07) is 8.11. The van der Waals surface area contributed by atoms with Crippen LogP contribution in [0.2, 0.25) is 5.02 Å². The number of halogens is 1. The summed E-state index contributed by atoms with van der Waals surface area (Å²) in [5.41, 5.74) is 3.96. The van der Waals surface area contributed by atoms with Gasteiger partial charge in [-0.3, -0.25) is 9.69 Å². The highest BCUT2D eigenvalue weighted by Gasteiger charge is 2.46. The first-order valence-electron chi connectivity index (χ1n) is 8.28. The minimum atomic E-state index is 0.0884. The van der Waals surface area contributed by atoms with Gasteiger partial charge in [0, 0.05) is 35.5 Å². The number of carbonyl (C=O) groups excluding carboxylic acids is 1. The van der Waals surface area contributed by atoms with Gasteiger partial charge < -0.3 is 4.90 Å². The Morgan fingerprint density at radius 1 is 1.21 bits per heavy atom. The summed E-state index contributed by atoms with van der Waals surface area (Å²) in [6.45, 7) is 4.95. The van der Waals surface area contributed by atoms with Gasteiger partial charge in [-0.1, -0.05) is 23.7 Å². The molecule has 24 heavy (non-hydrogen) atoms. The zero-order valence-electron chi connectivity index (χ0n) is 13.4. The van der Waals surface area contributed by atoms with Crippen molar-refractivity contribution in [3.8, 4) is 0 Å². The molecule has 0 radical (unpaired) electrons. The number of carbonyl (C=O) groups is 1. The van der Waals surface area contributed by atoms with E-state index < -0.39 is 0 Å². The van der Waals surface area contributed by atoms with Crippen molar-refractivity contribution in [1.82, 2.24) is 14.8 Å². The Hall–Kier alpha value is -1.43. The Bertz CT molecular complexity index is 700. The van der Waals surface area contributed by atoms with Gasteiger partial charge >= 0.3 is 0 Å². The van der Waals surface area contributed by atoms with Crippen molar-refractivity contribution in [3.63, 3.8) is 0 Å². The highest BCUT2D eigenvalue weighted by atomic mass is 35.5. The van der Waals surface area contributed by atoms with Crippen molar-refractivity contribution >= 4 is 28.8 Å². The molecule has 2 saturated heterocycles. The normalized spacial score (nSPS) is 20.1. The van der Waals surface area contributed by atoms with Crippen LogP contribution in [0.25, 0.3) is 0 Å². The first-order valence-corrected chi connectivity index (χ1v) is 9.60. The molecule has 2 aliphatic heterocycles. The molecule has 0 saturated carbocycles. The summed E-state index contributed by atoms with van der Waals surface area (Å²) < 4.78 is 0. The topological polar surface area (TPSA) is 36.4 Å². The van der Waals surface area contributed by atoms with Gasteiger partial charge in [0.25, 0.3) is 5.91 Å². The second kappa shape index (κ2) is 6.47. The predicted octanol–water partition coefficient (Wildman–Crippen LogP) is 3.53. The van der Waals surface area contributed by atoms with E-state index in [1.165, 1.54) is 29.7 Å². The molecule has 3 heterocycles. The fourth-order valence-corrected chi connectivity index (χ4v) is 4.39. The van der Waals surface area contributed by atoms with Crippen LogP contribution in [0.1, 0.15) is 28.9 Å². The van der Waals surface area contributed by atoms with Gasteiger partial charge in [0.15, 0.2) is 0 Å². The van der Waals surface area contributed by atoms with E-state index in [9.17, 15) is 4.79 Å². The quantitative estimate of drug-likeness (QED) is 0.839. The summed E-state index contributed by atoms with van der Waals surface area (Å²) in [7, 11) is 0. The van der Waals surface area contributed by atoms with Crippen LogP contribution in [0.4, 0.5) is 0 Å². The zero-order chi connectivity index (χ0) is 16.6. The number of rotatable bonds is 3. The average Bonchev–Trinajstić information content (AvgIpc) is 3.10. The molecule has 0 bridgehead atoms. The van der Waals surface area contributed by atoms with Crippen LogP contribution in [0, 0.1) is 5.41 Å². The number of hydrogen-bond donors (Lipinski definition) is 0. The van der Waals surface area contributed by atoms with Crippen LogP contribution in [-0.2, 0) is 6.54 Å². The molecule has 0 aliphatic carbocycles. The van der Waals surface area contributed by atoms with E-state index in [0.717, 1.165) is 37.7 Å². The molecule has 1 amide bonds. The molecule has 1 spiro atoms. The highest BCUT2D eigenvalue weighted by Crippen LogP contribution is 2.41. The predicted molar refractivity (Wildman–Crippen MR) is 96.4 cm³/mol. The van der Waals surface area contributed by atoms with Crippen molar-refractivity contribution in [2.24, 2.45) is 5.41 Å². The zero-order valence-corrected chi connectivity index (χ0v) is 15.0. The van der Waals surface area contributed by atoms with Crippen LogP contribution < -0.4 is 0 Å². The standard InChI is InChI=1S/C18H20ClN3OS/c19-15-3-1-14(2-4-15)9-21-7-5-18(6-8-21)11-22(12-18)17(23)16-10-24-13-20-16/h1-4,10,13H,5-9,11-12H2. The van der Waals surface area contributed by atoms with Crippen LogP contribution >= 0.6 is 22.9 Å². The Balaban J connectivity index is 1.28. The molecule has 0 unspecified atom stereocenters. The second-order valence-electron chi connectivity index (χ2n) is 6.94. The third-order valence-electron chi connectivity index (χ3n) is 5.23. The maximum Gasteiger partial charge on any atom is 0.273 e. The molecular weight excluding hydrogens is 342 g/mol. The number of nitrogens with zero attached hydrogens (tertiary/aromatic N) is 3. The van der Waals surface area contributed by atoms with E-state index in [4.69, 9.17) is 11.6 Å². The molecule has 0 N–H and O–H groups in total. The molecule has 4 rings (SSSR count). The van der Waals surface area contributed by atoms with E-state index in [-0.39, 0.29) is 5.91 Å². The van der Waals surface area contributed by atoms with Crippen molar-refractivity contribution in [1.29, 1.82) is 0 Å². The lowest BCUT2D eigenvalue weighted by Crippen LogP contribution is -2.61. The van der Waals surface area contributed by atoms with Crippen LogP contribution in [0.5, 0.6) is 0 Å². The number of hydrogen-bond acceptors (Lipinski definition) is 4. The lowest BCUT2D eigenvalue weighted by molar-refractivity contribution is -0.0338. The summed E-state index contributed by atoms with van der Waals surface area (Å²) in [5, 5.41) is 2.62. The van der Waals surface area contributed by atoms with E-state index in [2.05, 4.69) is 22.0 Å². The molecule has 1 aromatic heterocycles. The van der Waals surface area contributed by atoms with Gasteiger partial charge in [-0.2, -0.15) is 0 Å².